The van der Waals surface area contributed by atoms with Crippen LogP contribution in [-0.4, -0.2) is 87.0 Å². The van der Waals surface area contributed by atoms with Crippen molar-refractivity contribution in [3.8, 4) is 23.0 Å². The molecule has 1 aliphatic heterocycles. The van der Waals surface area contributed by atoms with Crippen LogP contribution in [0.5, 0.6) is 23.0 Å². The van der Waals surface area contributed by atoms with Crippen molar-refractivity contribution in [1.82, 2.24) is 10.2 Å². The number of phenols is 3. The molecule has 246 valence electrons. The van der Waals surface area contributed by atoms with Crippen LogP contribution in [0.1, 0.15) is 43.4 Å². The Kier molecular flexibility index (Phi) is 11.8. The Hall–Kier alpha value is -4.45. The highest BCUT2D eigenvalue weighted by molar-refractivity contribution is 6.46. The van der Waals surface area contributed by atoms with Gasteiger partial charge in [-0.25, -0.2) is 0 Å². The fourth-order valence-corrected chi connectivity index (χ4v) is 5.43. The number of carbonyl (C=O) groups excluding carboxylic acids is 3. The van der Waals surface area contributed by atoms with Crippen LogP contribution in [0.15, 0.2) is 66.7 Å². The van der Waals surface area contributed by atoms with E-state index in [2.05, 4.69) is 5.32 Å². The third-order valence-corrected chi connectivity index (χ3v) is 8.30. The molecule has 0 saturated carbocycles. The third kappa shape index (κ3) is 8.84. The normalized spacial score (nSPS) is 18.3. The molecule has 0 aromatic heterocycles. The van der Waals surface area contributed by atoms with E-state index in [-0.39, 0.29) is 36.3 Å². The molecule has 1 aliphatic rings. The van der Waals surface area contributed by atoms with Gasteiger partial charge in [0.05, 0.1) is 7.11 Å². The van der Waals surface area contributed by atoms with Crippen LogP contribution < -0.4 is 10.1 Å². The van der Waals surface area contributed by atoms with E-state index >= 15 is 0 Å². The van der Waals surface area contributed by atoms with E-state index in [0.717, 1.165) is 16.9 Å². The molecule has 5 unspecified atom stereocenters. The van der Waals surface area contributed by atoms with Gasteiger partial charge in [0.1, 0.15) is 17.7 Å². The number of ether oxygens (including phenoxy) is 2. The maximum absolute atomic E-state index is 13.8. The number of aryl methyl sites for hydroxylation is 2. The molecule has 11 nitrogen and oxygen atoms in total. The average molecular weight is 635 g/mol. The summed E-state index contributed by atoms with van der Waals surface area (Å²) < 4.78 is 10.9. The van der Waals surface area contributed by atoms with E-state index in [1.165, 1.54) is 17.0 Å². The number of amides is 1. The van der Waals surface area contributed by atoms with Crippen LogP contribution in [0.25, 0.3) is 0 Å². The molecule has 11 heteroatoms. The Balaban J connectivity index is 1.41. The van der Waals surface area contributed by atoms with Gasteiger partial charge >= 0.3 is 0 Å². The molecule has 1 saturated heterocycles. The van der Waals surface area contributed by atoms with Crippen molar-refractivity contribution < 1.29 is 44.3 Å². The lowest BCUT2D eigenvalue weighted by atomic mass is 10.0. The van der Waals surface area contributed by atoms with Gasteiger partial charge in [0, 0.05) is 18.6 Å². The van der Waals surface area contributed by atoms with Gasteiger partial charge in [-0.15, -0.1) is 0 Å². The SMILES string of the molecule is COc1ccc(CCC(C)NC(O)C2OC(C(=O)N(CCc3ccc(O)c(O)c3)C(C)CCc3ccc(O)cc3)C(=O)C2=O)cc1. The first-order chi connectivity index (χ1) is 22.0. The third-order valence-electron chi connectivity index (χ3n) is 8.30. The summed E-state index contributed by atoms with van der Waals surface area (Å²) in [6.45, 7) is 3.80. The van der Waals surface area contributed by atoms with Crippen LogP contribution in [0.3, 0.4) is 0 Å². The lowest BCUT2D eigenvalue weighted by molar-refractivity contribution is -0.151. The summed E-state index contributed by atoms with van der Waals surface area (Å²) in [4.78, 5) is 41.3. The second kappa shape index (κ2) is 15.7. The molecule has 5 atom stereocenters. The molecule has 0 bridgehead atoms. The standard InChI is InChI=1S/C35H42N2O9/c1-21(4-6-23-10-15-27(45-3)16-11-23)36-34(43)32-30(41)31(42)33(46-32)35(44)37(19-18-25-12-17-28(39)29(40)20-25)22(2)5-7-24-8-13-26(38)14-9-24/h8-17,20-22,32-34,36,38-40,43H,4-7,18-19H2,1-3H3. The second-order valence-corrected chi connectivity index (χ2v) is 11.7. The fraction of sp³-hybridized carbons (Fsp3) is 0.400. The van der Waals surface area contributed by atoms with Crippen molar-refractivity contribution in [2.45, 2.75) is 76.5 Å². The number of carbonyl (C=O) groups is 3. The molecule has 3 aromatic rings. The number of hydrogen-bond acceptors (Lipinski definition) is 10. The fourth-order valence-electron chi connectivity index (χ4n) is 5.43. The van der Waals surface area contributed by atoms with Gasteiger partial charge in [0.25, 0.3) is 5.91 Å². The molecule has 0 spiro atoms. The number of ketones is 2. The summed E-state index contributed by atoms with van der Waals surface area (Å²) in [6, 6.07) is 18.1. The summed E-state index contributed by atoms with van der Waals surface area (Å²) in [5, 5.41) is 42.9. The zero-order chi connectivity index (χ0) is 33.4. The molecule has 4 rings (SSSR count). The smallest absolute Gasteiger partial charge is 0.260 e. The summed E-state index contributed by atoms with van der Waals surface area (Å²) in [7, 11) is 1.60. The molecule has 46 heavy (non-hydrogen) atoms. The number of aliphatic hydroxyl groups excluding tert-OH is 1. The Morgan fingerprint density at radius 1 is 0.848 bits per heavy atom. The lowest BCUT2D eigenvalue weighted by Crippen LogP contribution is -2.49. The summed E-state index contributed by atoms with van der Waals surface area (Å²) >= 11 is 0. The van der Waals surface area contributed by atoms with Gasteiger partial charge in [0.2, 0.25) is 17.7 Å². The number of aliphatic hydroxyl groups is 1. The van der Waals surface area contributed by atoms with Crippen LogP contribution in [0.2, 0.25) is 0 Å². The van der Waals surface area contributed by atoms with Crippen LogP contribution in [0, 0.1) is 0 Å². The van der Waals surface area contributed by atoms with Gasteiger partial charge < -0.3 is 34.8 Å². The number of phenolic OH excluding ortho intramolecular Hbond substituents is 3. The van der Waals surface area contributed by atoms with Crippen molar-refractivity contribution in [3.05, 3.63) is 83.4 Å². The average Bonchev–Trinajstić information content (AvgIpc) is 3.35. The highest BCUT2D eigenvalue weighted by Crippen LogP contribution is 2.26. The Bertz CT molecular complexity index is 1490. The molecule has 1 heterocycles. The topological polar surface area (TPSA) is 166 Å². The zero-order valence-corrected chi connectivity index (χ0v) is 26.3. The molecular formula is C35H42N2O9. The monoisotopic (exact) mass is 634 g/mol. The van der Waals surface area contributed by atoms with E-state index < -0.39 is 42.0 Å². The van der Waals surface area contributed by atoms with Gasteiger partial charge in [0.15, 0.2) is 17.6 Å². The van der Waals surface area contributed by atoms with Crippen molar-refractivity contribution in [3.63, 3.8) is 0 Å². The van der Waals surface area contributed by atoms with Gasteiger partial charge in [-0.2, -0.15) is 0 Å². The molecular weight excluding hydrogens is 592 g/mol. The number of hydrogen-bond donors (Lipinski definition) is 5. The molecule has 1 amide bonds. The van der Waals surface area contributed by atoms with Crippen molar-refractivity contribution in [2.24, 2.45) is 0 Å². The van der Waals surface area contributed by atoms with Crippen molar-refractivity contribution >= 4 is 17.5 Å². The summed E-state index contributed by atoms with van der Waals surface area (Å²) in [5.41, 5.74) is 2.66. The lowest BCUT2D eigenvalue weighted by Gasteiger charge is -2.31. The highest BCUT2D eigenvalue weighted by atomic mass is 16.5. The van der Waals surface area contributed by atoms with Crippen LogP contribution in [-0.2, 0) is 38.4 Å². The number of nitrogens with one attached hydrogen (secondary N) is 1. The maximum atomic E-state index is 13.8. The van der Waals surface area contributed by atoms with Gasteiger partial charge in [-0.3, -0.25) is 19.7 Å². The van der Waals surface area contributed by atoms with Gasteiger partial charge in [-0.1, -0.05) is 30.3 Å². The minimum absolute atomic E-state index is 0.134. The highest BCUT2D eigenvalue weighted by Gasteiger charge is 2.50. The van der Waals surface area contributed by atoms with E-state index in [9.17, 15) is 34.8 Å². The van der Waals surface area contributed by atoms with Crippen molar-refractivity contribution in [1.29, 1.82) is 0 Å². The first-order valence-corrected chi connectivity index (χ1v) is 15.4. The largest absolute Gasteiger partial charge is 0.508 e. The maximum Gasteiger partial charge on any atom is 0.260 e. The van der Waals surface area contributed by atoms with E-state index in [1.54, 1.807) is 37.4 Å². The van der Waals surface area contributed by atoms with Crippen LogP contribution >= 0.6 is 0 Å². The molecule has 0 radical (unpaired) electrons. The first-order valence-electron chi connectivity index (χ1n) is 15.4. The van der Waals surface area contributed by atoms with Gasteiger partial charge in [-0.05, 0) is 99.0 Å². The van der Waals surface area contributed by atoms with E-state index in [1.807, 2.05) is 38.1 Å². The number of methoxy groups -OCH3 is 1. The quantitative estimate of drug-likeness (QED) is 0.0726. The molecule has 0 aliphatic carbocycles. The summed E-state index contributed by atoms with van der Waals surface area (Å²) in [6.07, 6.45) is -2.05. The predicted octanol–water partition coefficient (Wildman–Crippen LogP) is 3.04. The minimum Gasteiger partial charge on any atom is -0.508 e. The first kappa shape index (κ1) is 34.4. The number of nitrogens with zero attached hydrogens (tertiary/aromatic N) is 1. The number of aromatic hydroxyl groups is 3. The molecule has 1 fully saturated rings. The second-order valence-electron chi connectivity index (χ2n) is 11.7. The Labute approximate surface area is 268 Å². The zero-order valence-electron chi connectivity index (χ0n) is 26.3. The molecule has 3 aromatic carbocycles. The van der Waals surface area contributed by atoms with Crippen LogP contribution in [0.4, 0.5) is 0 Å². The van der Waals surface area contributed by atoms with Crippen molar-refractivity contribution in [2.75, 3.05) is 13.7 Å². The van der Waals surface area contributed by atoms with E-state index in [4.69, 9.17) is 9.47 Å². The number of rotatable bonds is 15. The molecule has 5 N–H and O–H groups in total. The predicted molar refractivity (Wildman–Crippen MR) is 170 cm³/mol. The minimum atomic E-state index is -1.70. The Morgan fingerprint density at radius 2 is 1.46 bits per heavy atom. The van der Waals surface area contributed by atoms with E-state index in [0.29, 0.717) is 31.2 Å². The Morgan fingerprint density at radius 3 is 2.09 bits per heavy atom. The number of Topliss-reactive ketones (excluding diaryl/α,β-unsaturated/α-hetero) is 2. The summed E-state index contributed by atoms with van der Waals surface area (Å²) in [5.74, 6) is -2.34. The number of benzene rings is 3.